The van der Waals surface area contributed by atoms with Gasteiger partial charge in [-0.05, 0) is 25.1 Å². The van der Waals surface area contributed by atoms with Crippen LogP contribution >= 0.6 is 23.4 Å². The van der Waals surface area contributed by atoms with Gasteiger partial charge in [0.2, 0.25) is 0 Å². The number of rotatable bonds is 2. The Kier molecular flexibility index (Phi) is 4.77. The highest BCUT2D eigenvalue weighted by molar-refractivity contribution is 7.99. The first kappa shape index (κ1) is 15.0. The molecule has 1 fully saturated rings. The maximum absolute atomic E-state index is 12.2. The van der Waals surface area contributed by atoms with E-state index in [2.05, 4.69) is 5.32 Å². The van der Waals surface area contributed by atoms with Crippen LogP contribution in [0.1, 0.15) is 17.3 Å². The van der Waals surface area contributed by atoms with Crippen LogP contribution in [-0.4, -0.2) is 46.1 Å². The average Bonchev–Trinajstić information content (AvgIpc) is 2.38. The second kappa shape index (κ2) is 6.37. The van der Waals surface area contributed by atoms with Gasteiger partial charge in [0.25, 0.3) is 0 Å². The fraction of sp³-hybridized carbons (Fsp3) is 0.385. The standard InChI is InChI=1S/C13H15ClN2O3S/c1-8-7-20-5-4-16(8)13(19)15-11-6-9(14)2-3-10(11)12(17)18/h2-3,6,8H,4-5,7H2,1H3,(H,15,19)(H,17,18). The van der Waals surface area contributed by atoms with Crippen molar-refractivity contribution in [2.75, 3.05) is 23.4 Å². The molecule has 0 bridgehead atoms. The van der Waals surface area contributed by atoms with E-state index in [1.165, 1.54) is 18.2 Å². The lowest BCUT2D eigenvalue weighted by Gasteiger charge is -2.33. The van der Waals surface area contributed by atoms with E-state index >= 15 is 0 Å². The third kappa shape index (κ3) is 3.37. The fourth-order valence-corrected chi connectivity index (χ4v) is 3.21. The third-order valence-electron chi connectivity index (χ3n) is 3.08. The van der Waals surface area contributed by atoms with Gasteiger partial charge < -0.3 is 15.3 Å². The second-order valence-corrected chi connectivity index (χ2v) is 6.13. The van der Waals surface area contributed by atoms with Gasteiger partial charge in [-0.3, -0.25) is 0 Å². The Labute approximate surface area is 126 Å². The molecule has 20 heavy (non-hydrogen) atoms. The van der Waals surface area contributed by atoms with Crippen LogP contribution in [0.4, 0.5) is 10.5 Å². The number of urea groups is 1. The first-order chi connectivity index (χ1) is 9.49. The predicted octanol–water partition coefficient (Wildman–Crippen LogP) is 3.01. The summed E-state index contributed by atoms with van der Waals surface area (Å²) < 4.78 is 0. The maximum atomic E-state index is 12.2. The van der Waals surface area contributed by atoms with Crippen molar-refractivity contribution >= 4 is 41.1 Å². The number of hydrogen-bond donors (Lipinski definition) is 2. The molecule has 1 atom stereocenters. The number of thioether (sulfide) groups is 1. The number of aromatic carboxylic acids is 1. The molecule has 0 aromatic heterocycles. The number of carbonyl (C=O) groups excluding carboxylic acids is 1. The summed E-state index contributed by atoms with van der Waals surface area (Å²) in [7, 11) is 0. The topological polar surface area (TPSA) is 69.6 Å². The number of anilines is 1. The number of benzene rings is 1. The molecule has 108 valence electrons. The maximum Gasteiger partial charge on any atom is 0.337 e. The Morgan fingerprint density at radius 3 is 2.90 bits per heavy atom. The molecule has 1 unspecified atom stereocenters. The summed E-state index contributed by atoms with van der Waals surface area (Å²) in [6.45, 7) is 2.63. The van der Waals surface area contributed by atoms with Crippen LogP contribution in [0.2, 0.25) is 5.02 Å². The van der Waals surface area contributed by atoms with E-state index in [1.54, 1.807) is 16.7 Å². The molecule has 1 aliphatic heterocycles. The van der Waals surface area contributed by atoms with Crippen molar-refractivity contribution in [1.29, 1.82) is 0 Å². The van der Waals surface area contributed by atoms with Gasteiger partial charge >= 0.3 is 12.0 Å². The van der Waals surface area contributed by atoms with Crippen molar-refractivity contribution in [3.8, 4) is 0 Å². The van der Waals surface area contributed by atoms with Gasteiger partial charge in [-0.25, -0.2) is 9.59 Å². The number of nitrogens with zero attached hydrogens (tertiary/aromatic N) is 1. The molecule has 1 aromatic rings. The molecule has 0 spiro atoms. The summed E-state index contributed by atoms with van der Waals surface area (Å²) in [4.78, 5) is 25.1. The van der Waals surface area contributed by atoms with Gasteiger partial charge in [0.1, 0.15) is 0 Å². The number of amides is 2. The highest BCUT2D eigenvalue weighted by Gasteiger charge is 2.24. The van der Waals surface area contributed by atoms with Crippen LogP contribution in [0.5, 0.6) is 0 Å². The molecule has 0 radical (unpaired) electrons. The molecule has 0 aliphatic carbocycles. The molecular formula is C13H15ClN2O3S. The van der Waals surface area contributed by atoms with Gasteiger partial charge in [0.15, 0.2) is 0 Å². The van der Waals surface area contributed by atoms with Crippen LogP contribution in [0.15, 0.2) is 18.2 Å². The van der Waals surface area contributed by atoms with E-state index in [4.69, 9.17) is 16.7 Å². The lowest BCUT2D eigenvalue weighted by atomic mass is 10.2. The molecule has 2 rings (SSSR count). The average molecular weight is 315 g/mol. The lowest BCUT2D eigenvalue weighted by molar-refractivity contribution is 0.0698. The normalized spacial score (nSPS) is 18.7. The quantitative estimate of drug-likeness (QED) is 0.880. The van der Waals surface area contributed by atoms with E-state index in [1.807, 2.05) is 6.92 Å². The summed E-state index contributed by atoms with van der Waals surface area (Å²) >= 11 is 7.66. The molecule has 1 aromatic carbocycles. The number of nitrogens with one attached hydrogen (secondary N) is 1. The van der Waals surface area contributed by atoms with Gasteiger partial charge in [-0.2, -0.15) is 11.8 Å². The molecule has 7 heteroatoms. The smallest absolute Gasteiger partial charge is 0.337 e. The zero-order chi connectivity index (χ0) is 14.7. The lowest BCUT2D eigenvalue weighted by Crippen LogP contribution is -2.46. The Hall–Kier alpha value is -1.40. The molecule has 5 nitrogen and oxygen atoms in total. The first-order valence-electron chi connectivity index (χ1n) is 6.17. The molecule has 2 amide bonds. The minimum atomic E-state index is -1.10. The first-order valence-corrected chi connectivity index (χ1v) is 7.70. The molecule has 1 heterocycles. The van der Waals surface area contributed by atoms with Crippen LogP contribution in [0.25, 0.3) is 0 Å². The van der Waals surface area contributed by atoms with Crippen molar-refractivity contribution < 1.29 is 14.7 Å². The van der Waals surface area contributed by atoms with E-state index < -0.39 is 5.97 Å². The summed E-state index contributed by atoms with van der Waals surface area (Å²) in [5, 5.41) is 12.1. The largest absolute Gasteiger partial charge is 0.478 e. The van der Waals surface area contributed by atoms with Gasteiger partial charge in [-0.1, -0.05) is 11.6 Å². The van der Waals surface area contributed by atoms with E-state index in [9.17, 15) is 9.59 Å². The number of carboxylic acids is 1. The SMILES string of the molecule is CC1CSCCN1C(=O)Nc1cc(Cl)ccc1C(=O)O. The van der Waals surface area contributed by atoms with Crippen molar-refractivity contribution in [1.82, 2.24) is 4.90 Å². The van der Waals surface area contributed by atoms with E-state index in [-0.39, 0.29) is 23.3 Å². The number of hydrogen-bond acceptors (Lipinski definition) is 3. The van der Waals surface area contributed by atoms with Crippen molar-refractivity contribution in [3.63, 3.8) is 0 Å². The summed E-state index contributed by atoms with van der Waals surface area (Å²) in [5.74, 6) is 0.674. The molecule has 1 aliphatic rings. The second-order valence-electron chi connectivity index (χ2n) is 4.54. The summed E-state index contributed by atoms with van der Waals surface area (Å²) in [6.07, 6.45) is 0. The van der Waals surface area contributed by atoms with Crippen LogP contribution < -0.4 is 5.32 Å². The molecule has 2 N–H and O–H groups in total. The monoisotopic (exact) mass is 314 g/mol. The summed E-state index contributed by atoms with van der Waals surface area (Å²) in [5.41, 5.74) is 0.252. The van der Waals surface area contributed by atoms with Crippen LogP contribution in [0.3, 0.4) is 0 Å². The fourth-order valence-electron chi connectivity index (χ4n) is 2.02. The Balaban J connectivity index is 2.18. The van der Waals surface area contributed by atoms with Gasteiger partial charge in [0, 0.05) is 29.1 Å². The van der Waals surface area contributed by atoms with Gasteiger partial charge in [-0.15, -0.1) is 0 Å². The van der Waals surface area contributed by atoms with Crippen molar-refractivity contribution in [3.05, 3.63) is 28.8 Å². The van der Waals surface area contributed by atoms with E-state index in [0.717, 1.165) is 11.5 Å². The molecular weight excluding hydrogens is 300 g/mol. The summed E-state index contributed by atoms with van der Waals surface area (Å²) in [6, 6.07) is 4.16. The number of halogens is 1. The predicted molar refractivity (Wildman–Crippen MR) is 80.9 cm³/mol. The Morgan fingerprint density at radius 2 is 2.25 bits per heavy atom. The van der Waals surface area contributed by atoms with Crippen molar-refractivity contribution in [2.45, 2.75) is 13.0 Å². The Bertz CT molecular complexity index is 538. The minimum Gasteiger partial charge on any atom is -0.478 e. The van der Waals surface area contributed by atoms with Crippen LogP contribution in [0, 0.1) is 0 Å². The highest BCUT2D eigenvalue weighted by atomic mass is 35.5. The highest BCUT2D eigenvalue weighted by Crippen LogP contribution is 2.23. The Morgan fingerprint density at radius 1 is 1.50 bits per heavy atom. The van der Waals surface area contributed by atoms with Gasteiger partial charge in [0.05, 0.1) is 11.3 Å². The third-order valence-corrected chi connectivity index (χ3v) is 4.51. The molecule has 1 saturated heterocycles. The number of carboxylic acid groups (broad SMARTS) is 1. The molecule has 0 saturated carbocycles. The zero-order valence-electron chi connectivity index (χ0n) is 10.9. The van der Waals surface area contributed by atoms with Crippen molar-refractivity contribution in [2.24, 2.45) is 0 Å². The van der Waals surface area contributed by atoms with E-state index in [0.29, 0.717) is 11.6 Å². The van der Waals surface area contributed by atoms with Crippen LogP contribution in [-0.2, 0) is 0 Å². The number of carbonyl (C=O) groups is 2. The minimum absolute atomic E-state index is 0.0294. The zero-order valence-corrected chi connectivity index (χ0v) is 12.5.